The summed E-state index contributed by atoms with van der Waals surface area (Å²) < 4.78 is 5.27. The van der Waals surface area contributed by atoms with Crippen molar-refractivity contribution < 1.29 is 9.84 Å². The Kier molecular flexibility index (Phi) is 4.24. The lowest BCUT2D eigenvalue weighted by Gasteiger charge is -2.25. The topological polar surface area (TPSA) is 42.4 Å². The third kappa shape index (κ3) is 4.40. The van der Waals surface area contributed by atoms with Crippen LogP contribution in [0.1, 0.15) is 25.8 Å². The zero-order valence-corrected chi connectivity index (χ0v) is 9.60. The zero-order valence-electron chi connectivity index (χ0n) is 9.60. The Morgan fingerprint density at radius 2 is 2.00 bits per heavy atom. The first-order valence-corrected chi connectivity index (χ1v) is 5.15. The van der Waals surface area contributed by atoms with Gasteiger partial charge in [0.25, 0.3) is 0 Å². The number of hydrogen-bond acceptors (Lipinski definition) is 3. The van der Waals surface area contributed by atoms with Crippen LogP contribution in [0.5, 0.6) is 0 Å². The number of pyridine rings is 1. The Balaban J connectivity index is 2.46. The smallest absolute Gasteiger partial charge is 0.0647 e. The van der Waals surface area contributed by atoms with E-state index in [9.17, 15) is 5.11 Å². The van der Waals surface area contributed by atoms with Crippen molar-refractivity contribution in [2.24, 2.45) is 0 Å². The van der Waals surface area contributed by atoms with Crippen molar-refractivity contribution in [1.82, 2.24) is 4.98 Å². The molecule has 1 rings (SSSR count). The van der Waals surface area contributed by atoms with Crippen LogP contribution in [-0.4, -0.2) is 28.9 Å². The molecule has 84 valence electrons. The van der Waals surface area contributed by atoms with E-state index < -0.39 is 0 Å². The number of methoxy groups -OCH3 is 1. The number of hydrogen-bond donors (Lipinski definition) is 1. The standard InChI is InChI=1S/C12H19NO2/c1-12(2,15-3)9-11(14)8-10-4-6-13-7-5-10/h4-7,11,14H,8-9H2,1-3H3. The fraction of sp³-hybridized carbons (Fsp3) is 0.583. The molecule has 0 aliphatic heterocycles. The van der Waals surface area contributed by atoms with Gasteiger partial charge in [0.1, 0.15) is 0 Å². The van der Waals surface area contributed by atoms with E-state index in [1.54, 1.807) is 19.5 Å². The molecule has 0 aliphatic carbocycles. The molecule has 0 saturated heterocycles. The SMILES string of the molecule is COC(C)(C)CC(O)Cc1ccncc1. The molecule has 0 spiro atoms. The van der Waals surface area contributed by atoms with Gasteiger partial charge in [-0.1, -0.05) is 0 Å². The van der Waals surface area contributed by atoms with Crippen LogP contribution >= 0.6 is 0 Å². The molecule has 3 heteroatoms. The normalized spacial score (nSPS) is 13.9. The molecular formula is C12H19NO2. The third-order valence-corrected chi connectivity index (χ3v) is 2.50. The molecule has 1 atom stereocenters. The van der Waals surface area contributed by atoms with E-state index in [0.29, 0.717) is 12.8 Å². The highest BCUT2D eigenvalue weighted by Crippen LogP contribution is 2.17. The molecule has 0 aromatic carbocycles. The summed E-state index contributed by atoms with van der Waals surface area (Å²) >= 11 is 0. The lowest BCUT2D eigenvalue weighted by Crippen LogP contribution is -2.29. The van der Waals surface area contributed by atoms with Gasteiger partial charge in [-0.2, -0.15) is 0 Å². The van der Waals surface area contributed by atoms with Gasteiger partial charge in [0.2, 0.25) is 0 Å². The van der Waals surface area contributed by atoms with Crippen molar-refractivity contribution in [1.29, 1.82) is 0 Å². The van der Waals surface area contributed by atoms with Gasteiger partial charge >= 0.3 is 0 Å². The van der Waals surface area contributed by atoms with Gasteiger partial charge in [-0.05, 0) is 38.0 Å². The van der Waals surface area contributed by atoms with E-state index in [4.69, 9.17) is 4.74 Å². The van der Waals surface area contributed by atoms with Gasteiger partial charge in [-0.3, -0.25) is 4.98 Å². The van der Waals surface area contributed by atoms with Crippen molar-refractivity contribution in [3.63, 3.8) is 0 Å². The summed E-state index contributed by atoms with van der Waals surface area (Å²) in [6.07, 6.45) is 4.39. The molecule has 0 aliphatic rings. The van der Waals surface area contributed by atoms with E-state index in [1.165, 1.54) is 0 Å². The maximum Gasteiger partial charge on any atom is 0.0647 e. The molecule has 1 unspecified atom stereocenters. The summed E-state index contributed by atoms with van der Waals surface area (Å²) in [5.41, 5.74) is 0.830. The largest absolute Gasteiger partial charge is 0.393 e. The summed E-state index contributed by atoms with van der Waals surface area (Å²) in [6, 6.07) is 3.84. The molecular weight excluding hydrogens is 190 g/mol. The predicted octanol–water partition coefficient (Wildman–Crippen LogP) is 1.80. The van der Waals surface area contributed by atoms with Crippen molar-refractivity contribution in [2.45, 2.75) is 38.4 Å². The number of rotatable bonds is 5. The van der Waals surface area contributed by atoms with Gasteiger partial charge in [-0.25, -0.2) is 0 Å². The molecule has 15 heavy (non-hydrogen) atoms. The summed E-state index contributed by atoms with van der Waals surface area (Å²) in [4.78, 5) is 3.94. The Morgan fingerprint density at radius 3 is 2.53 bits per heavy atom. The molecule has 1 N–H and O–H groups in total. The van der Waals surface area contributed by atoms with Crippen LogP contribution in [0.4, 0.5) is 0 Å². The summed E-state index contributed by atoms with van der Waals surface area (Å²) in [7, 11) is 1.67. The average molecular weight is 209 g/mol. The van der Waals surface area contributed by atoms with Gasteiger partial charge in [0.15, 0.2) is 0 Å². The minimum atomic E-state index is -0.373. The number of nitrogens with zero attached hydrogens (tertiary/aromatic N) is 1. The van der Waals surface area contributed by atoms with Crippen molar-refractivity contribution in [2.75, 3.05) is 7.11 Å². The third-order valence-electron chi connectivity index (χ3n) is 2.50. The van der Waals surface area contributed by atoms with Gasteiger partial charge in [0, 0.05) is 25.9 Å². The Hall–Kier alpha value is -0.930. The highest BCUT2D eigenvalue weighted by atomic mass is 16.5. The fourth-order valence-electron chi connectivity index (χ4n) is 1.51. The fourth-order valence-corrected chi connectivity index (χ4v) is 1.51. The van der Waals surface area contributed by atoms with Crippen LogP contribution in [0.3, 0.4) is 0 Å². The number of ether oxygens (including phenoxy) is 1. The molecule has 0 radical (unpaired) electrons. The summed E-state index contributed by atoms with van der Waals surface area (Å²) in [6.45, 7) is 3.95. The molecule has 0 amide bonds. The molecule has 0 bridgehead atoms. The van der Waals surface area contributed by atoms with Crippen LogP contribution < -0.4 is 0 Å². The van der Waals surface area contributed by atoms with Crippen LogP contribution in [-0.2, 0) is 11.2 Å². The first kappa shape index (κ1) is 12.1. The molecule has 0 fully saturated rings. The molecule has 1 aromatic heterocycles. The van der Waals surface area contributed by atoms with Crippen molar-refractivity contribution in [3.05, 3.63) is 30.1 Å². The second kappa shape index (κ2) is 5.24. The monoisotopic (exact) mass is 209 g/mol. The molecule has 1 aromatic rings. The number of aliphatic hydroxyl groups is 1. The maximum absolute atomic E-state index is 9.87. The van der Waals surface area contributed by atoms with E-state index in [1.807, 2.05) is 26.0 Å². The Morgan fingerprint density at radius 1 is 1.40 bits per heavy atom. The van der Waals surface area contributed by atoms with E-state index in [2.05, 4.69) is 4.98 Å². The lowest BCUT2D eigenvalue weighted by molar-refractivity contribution is -0.0190. The molecule has 0 saturated carbocycles. The summed E-state index contributed by atoms with van der Waals surface area (Å²) in [5.74, 6) is 0. The second-order valence-corrected chi connectivity index (χ2v) is 4.38. The number of aromatic nitrogens is 1. The number of aliphatic hydroxyl groups excluding tert-OH is 1. The quantitative estimate of drug-likeness (QED) is 0.804. The highest BCUT2D eigenvalue weighted by molar-refractivity contribution is 5.10. The first-order valence-electron chi connectivity index (χ1n) is 5.15. The van der Waals surface area contributed by atoms with Crippen LogP contribution in [0.2, 0.25) is 0 Å². The van der Waals surface area contributed by atoms with E-state index in [-0.39, 0.29) is 11.7 Å². The van der Waals surface area contributed by atoms with Gasteiger partial charge < -0.3 is 9.84 Å². The maximum atomic E-state index is 9.87. The minimum Gasteiger partial charge on any atom is -0.393 e. The van der Waals surface area contributed by atoms with E-state index in [0.717, 1.165) is 5.56 Å². The minimum absolute atomic E-state index is 0.271. The molecule has 1 heterocycles. The highest BCUT2D eigenvalue weighted by Gasteiger charge is 2.21. The zero-order chi connectivity index (χ0) is 11.3. The van der Waals surface area contributed by atoms with E-state index >= 15 is 0 Å². The van der Waals surface area contributed by atoms with Gasteiger partial charge in [-0.15, -0.1) is 0 Å². The van der Waals surface area contributed by atoms with Crippen LogP contribution in [0.15, 0.2) is 24.5 Å². The molecule has 3 nitrogen and oxygen atoms in total. The second-order valence-electron chi connectivity index (χ2n) is 4.38. The predicted molar refractivity (Wildman–Crippen MR) is 59.7 cm³/mol. The Labute approximate surface area is 91.1 Å². The van der Waals surface area contributed by atoms with Crippen molar-refractivity contribution >= 4 is 0 Å². The first-order chi connectivity index (χ1) is 7.03. The van der Waals surface area contributed by atoms with Crippen molar-refractivity contribution in [3.8, 4) is 0 Å². The summed E-state index contributed by atoms with van der Waals surface area (Å²) in [5, 5.41) is 9.87. The average Bonchev–Trinajstić information content (AvgIpc) is 2.18. The van der Waals surface area contributed by atoms with Crippen LogP contribution in [0, 0.1) is 0 Å². The van der Waals surface area contributed by atoms with Crippen LogP contribution in [0.25, 0.3) is 0 Å². The lowest BCUT2D eigenvalue weighted by atomic mass is 9.96. The Bertz CT molecular complexity index is 285. The van der Waals surface area contributed by atoms with Gasteiger partial charge in [0.05, 0.1) is 11.7 Å².